The first-order valence-electron chi connectivity index (χ1n) is 5.35. The van der Waals surface area contributed by atoms with Crippen molar-refractivity contribution in [3.63, 3.8) is 0 Å². The molecule has 0 amide bonds. The fourth-order valence-corrected chi connectivity index (χ4v) is 1.75. The molecule has 2 unspecified atom stereocenters. The summed E-state index contributed by atoms with van der Waals surface area (Å²) in [6.45, 7) is 1.72. The van der Waals surface area contributed by atoms with E-state index in [0.717, 1.165) is 18.9 Å². The zero-order valence-corrected chi connectivity index (χ0v) is 8.91. The molecule has 0 radical (unpaired) electrons. The van der Waals surface area contributed by atoms with Gasteiger partial charge < -0.3 is 15.2 Å². The maximum atomic E-state index is 9.03. The highest BCUT2D eigenvalue weighted by molar-refractivity contribution is 4.90. The maximum Gasteiger partial charge on any atom is 0.0638 e. The highest BCUT2D eigenvalue weighted by Crippen LogP contribution is 2.16. The first kappa shape index (κ1) is 11.7. The van der Waals surface area contributed by atoms with E-state index in [0.29, 0.717) is 6.61 Å². The van der Waals surface area contributed by atoms with Gasteiger partial charge in [0.1, 0.15) is 0 Å². The molecule has 2 N–H and O–H groups in total. The molecule has 0 heterocycles. The summed E-state index contributed by atoms with van der Waals surface area (Å²) < 4.78 is 5.00. The zero-order chi connectivity index (χ0) is 10.2. The van der Waals surface area contributed by atoms with Crippen LogP contribution in [-0.2, 0) is 4.74 Å². The van der Waals surface area contributed by atoms with Gasteiger partial charge in [-0.2, -0.15) is 0 Å². The number of allylic oxidation sites excluding steroid dienone is 2. The van der Waals surface area contributed by atoms with Crippen molar-refractivity contribution in [3.05, 3.63) is 12.2 Å². The van der Waals surface area contributed by atoms with Gasteiger partial charge in [0.25, 0.3) is 0 Å². The smallest absolute Gasteiger partial charge is 0.0638 e. The van der Waals surface area contributed by atoms with Crippen LogP contribution in [0.3, 0.4) is 0 Å². The molecular weight excluding hydrogens is 178 g/mol. The summed E-state index contributed by atoms with van der Waals surface area (Å²) in [5, 5.41) is 12.4. The van der Waals surface area contributed by atoms with Gasteiger partial charge in [0.2, 0.25) is 0 Å². The summed E-state index contributed by atoms with van der Waals surface area (Å²) in [7, 11) is 1.66. The highest BCUT2D eigenvalue weighted by atomic mass is 16.5. The zero-order valence-electron chi connectivity index (χ0n) is 8.91. The van der Waals surface area contributed by atoms with Gasteiger partial charge in [-0.15, -0.1) is 0 Å². The van der Waals surface area contributed by atoms with Crippen LogP contribution in [0.4, 0.5) is 0 Å². The van der Waals surface area contributed by atoms with Gasteiger partial charge in [-0.1, -0.05) is 12.2 Å². The lowest BCUT2D eigenvalue weighted by molar-refractivity contribution is 0.126. The lowest BCUT2D eigenvalue weighted by Crippen LogP contribution is -2.39. The van der Waals surface area contributed by atoms with Crippen molar-refractivity contribution in [2.45, 2.75) is 25.3 Å². The second-order valence-electron chi connectivity index (χ2n) is 3.89. The van der Waals surface area contributed by atoms with Crippen molar-refractivity contribution in [1.82, 2.24) is 5.32 Å². The molecule has 0 fully saturated rings. The van der Waals surface area contributed by atoms with Crippen LogP contribution in [0, 0.1) is 5.92 Å². The Bertz CT molecular complexity index is 171. The van der Waals surface area contributed by atoms with Crippen molar-refractivity contribution < 1.29 is 9.84 Å². The van der Waals surface area contributed by atoms with E-state index >= 15 is 0 Å². The topological polar surface area (TPSA) is 41.5 Å². The Balaban J connectivity index is 2.14. The predicted octanol–water partition coefficient (Wildman–Crippen LogP) is 0.940. The van der Waals surface area contributed by atoms with E-state index in [-0.39, 0.29) is 12.6 Å². The van der Waals surface area contributed by atoms with Crippen molar-refractivity contribution in [1.29, 1.82) is 0 Å². The molecule has 0 bridgehead atoms. The molecule has 0 spiro atoms. The molecule has 1 aliphatic rings. The van der Waals surface area contributed by atoms with Crippen LogP contribution >= 0.6 is 0 Å². The monoisotopic (exact) mass is 199 g/mol. The molecule has 0 aromatic heterocycles. The molecule has 0 aliphatic heterocycles. The fraction of sp³-hybridized carbons (Fsp3) is 0.818. The number of ether oxygens (including phenoxy) is 1. The average Bonchev–Trinajstić information content (AvgIpc) is 2.25. The molecule has 14 heavy (non-hydrogen) atoms. The Morgan fingerprint density at radius 3 is 3.00 bits per heavy atom. The minimum atomic E-state index is 0.0888. The Labute approximate surface area is 86.2 Å². The summed E-state index contributed by atoms with van der Waals surface area (Å²) in [5.41, 5.74) is 0. The lowest BCUT2D eigenvalue weighted by Gasteiger charge is -2.22. The van der Waals surface area contributed by atoms with E-state index in [1.54, 1.807) is 7.11 Å². The van der Waals surface area contributed by atoms with Crippen LogP contribution in [0.25, 0.3) is 0 Å². The van der Waals surface area contributed by atoms with Crippen LogP contribution in [0.5, 0.6) is 0 Å². The Morgan fingerprint density at radius 1 is 1.57 bits per heavy atom. The Morgan fingerprint density at radius 2 is 2.43 bits per heavy atom. The van der Waals surface area contributed by atoms with Crippen molar-refractivity contribution in [3.8, 4) is 0 Å². The number of hydrogen-bond donors (Lipinski definition) is 2. The number of rotatable bonds is 6. The minimum absolute atomic E-state index is 0.0888. The average molecular weight is 199 g/mol. The van der Waals surface area contributed by atoms with Crippen LogP contribution in [-0.4, -0.2) is 38.0 Å². The molecule has 3 nitrogen and oxygen atoms in total. The summed E-state index contributed by atoms with van der Waals surface area (Å²) in [6.07, 6.45) is 8.11. The van der Waals surface area contributed by atoms with Gasteiger partial charge in [-0.25, -0.2) is 0 Å². The van der Waals surface area contributed by atoms with Gasteiger partial charge in [-0.05, 0) is 31.7 Å². The molecule has 2 atom stereocenters. The quantitative estimate of drug-likeness (QED) is 0.626. The van der Waals surface area contributed by atoms with E-state index in [1.165, 1.54) is 12.8 Å². The predicted molar refractivity (Wildman–Crippen MR) is 57.2 cm³/mol. The summed E-state index contributed by atoms with van der Waals surface area (Å²) in [5.74, 6) is 0.728. The molecule has 0 aromatic carbocycles. The lowest BCUT2D eigenvalue weighted by atomic mass is 9.94. The van der Waals surface area contributed by atoms with Gasteiger partial charge in [-0.3, -0.25) is 0 Å². The molecule has 3 heteroatoms. The molecule has 0 saturated carbocycles. The van der Waals surface area contributed by atoms with Gasteiger partial charge in [0, 0.05) is 7.11 Å². The number of aliphatic hydroxyl groups excluding tert-OH is 1. The summed E-state index contributed by atoms with van der Waals surface area (Å²) >= 11 is 0. The first-order chi connectivity index (χ1) is 6.86. The third kappa shape index (κ3) is 4.22. The normalized spacial score (nSPS) is 23.7. The molecule has 0 aromatic rings. The van der Waals surface area contributed by atoms with Crippen molar-refractivity contribution in [2.24, 2.45) is 5.92 Å². The van der Waals surface area contributed by atoms with Crippen LogP contribution in [0.15, 0.2) is 12.2 Å². The van der Waals surface area contributed by atoms with E-state index in [4.69, 9.17) is 9.84 Å². The SMILES string of the molecule is COCC(CO)NCC1CC=CCC1. The van der Waals surface area contributed by atoms with E-state index in [1.807, 2.05) is 0 Å². The van der Waals surface area contributed by atoms with Gasteiger partial charge in [0.05, 0.1) is 19.3 Å². The molecule has 82 valence electrons. The Hall–Kier alpha value is -0.380. The minimum Gasteiger partial charge on any atom is -0.395 e. The van der Waals surface area contributed by atoms with E-state index < -0.39 is 0 Å². The standard InChI is InChI=1S/C11H21NO2/c1-14-9-11(8-13)12-7-10-5-3-2-4-6-10/h2-3,10-13H,4-9H2,1H3. The van der Waals surface area contributed by atoms with Crippen LogP contribution < -0.4 is 5.32 Å². The van der Waals surface area contributed by atoms with Gasteiger partial charge in [0.15, 0.2) is 0 Å². The Kier molecular flexibility index (Phi) is 5.83. The molecular formula is C11H21NO2. The second-order valence-corrected chi connectivity index (χ2v) is 3.89. The fourth-order valence-electron chi connectivity index (χ4n) is 1.75. The van der Waals surface area contributed by atoms with Crippen molar-refractivity contribution >= 4 is 0 Å². The number of nitrogens with one attached hydrogen (secondary N) is 1. The number of hydrogen-bond acceptors (Lipinski definition) is 3. The third-order valence-corrected chi connectivity index (χ3v) is 2.66. The summed E-state index contributed by atoms with van der Waals surface area (Å²) in [6, 6.07) is 0.0888. The first-order valence-corrected chi connectivity index (χ1v) is 5.35. The van der Waals surface area contributed by atoms with E-state index in [9.17, 15) is 0 Å². The van der Waals surface area contributed by atoms with Crippen molar-refractivity contribution in [2.75, 3.05) is 26.9 Å². The van der Waals surface area contributed by atoms with Crippen LogP contribution in [0.1, 0.15) is 19.3 Å². The maximum absolute atomic E-state index is 9.03. The van der Waals surface area contributed by atoms with Gasteiger partial charge >= 0.3 is 0 Å². The third-order valence-electron chi connectivity index (χ3n) is 2.66. The highest BCUT2D eigenvalue weighted by Gasteiger charge is 2.12. The second kappa shape index (κ2) is 6.98. The largest absolute Gasteiger partial charge is 0.395 e. The van der Waals surface area contributed by atoms with E-state index in [2.05, 4.69) is 17.5 Å². The molecule has 0 saturated heterocycles. The summed E-state index contributed by atoms with van der Waals surface area (Å²) in [4.78, 5) is 0. The number of aliphatic hydroxyl groups is 1. The number of methoxy groups -OCH3 is 1. The van der Waals surface area contributed by atoms with Crippen LogP contribution in [0.2, 0.25) is 0 Å². The molecule has 1 aliphatic carbocycles. The molecule has 1 rings (SSSR count).